The van der Waals surface area contributed by atoms with Crippen LogP contribution in [0, 0.1) is 0 Å². The smallest absolute Gasteiger partial charge is 0.0446 e. The van der Waals surface area contributed by atoms with E-state index in [0.29, 0.717) is 6.04 Å². The van der Waals surface area contributed by atoms with Gasteiger partial charge in [0.2, 0.25) is 0 Å². The Morgan fingerprint density at radius 2 is 2.20 bits per heavy atom. The van der Waals surface area contributed by atoms with E-state index < -0.39 is 0 Å². The molecule has 1 aromatic heterocycles. The minimum Gasteiger partial charge on any atom is -0.396 e. The number of piperazine rings is 1. The second-order valence-electron chi connectivity index (χ2n) is 5.67. The van der Waals surface area contributed by atoms with E-state index in [1.165, 1.54) is 15.6 Å². The van der Waals surface area contributed by atoms with Crippen molar-refractivity contribution in [1.29, 1.82) is 0 Å². The van der Waals surface area contributed by atoms with E-state index in [0.717, 1.165) is 32.6 Å². The quantitative estimate of drug-likeness (QED) is 0.936. The number of hydrogen-bond acceptors (Lipinski definition) is 4. The van der Waals surface area contributed by atoms with Gasteiger partial charge in [0.25, 0.3) is 0 Å². The summed E-state index contributed by atoms with van der Waals surface area (Å²) < 4.78 is 1.37. The van der Waals surface area contributed by atoms with Gasteiger partial charge in [0, 0.05) is 43.5 Å². The van der Waals surface area contributed by atoms with Crippen LogP contribution in [0.4, 0.5) is 0 Å². The lowest BCUT2D eigenvalue weighted by atomic mass is 10.1. The minimum absolute atomic E-state index is 0.281. The molecule has 0 amide bonds. The Labute approximate surface area is 124 Å². The fourth-order valence-electron chi connectivity index (χ4n) is 2.99. The van der Waals surface area contributed by atoms with Crippen LogP contribution in [0.1, 0.15) is 12.0 Å². The van der Waals surface area contributed by atoms with Gasteiger partial charge in [0.05, 0.1) is 0 Å². The van der Waals surface area contributed by atoms with Crippen LogP contribution in [0.15, 0.2) is 29.6 Å². The first kappa shape index (κ1) is 14.0. The van der Waals surface area contributed by atoms with E-state index in [9.17, 15) is 0 Å². The van der Waals surface area contributed by atoms with Crippen molar-refractivity contribution in [3.05, 3.63) is 35.2 Å². The summed E-state index contributed by atoms with van der Waals surface area (Å²) in [7, 11) is 2.16. The zero-order chi connectivity index (χ0) is 13.9. The second-order valence-corrected chi connectivity index (χ2v) is 6.62. The van der Waals surface area contributed by atoms with Crippen LogP contribution in [0.25, 0.3) is 10.1 Å². The number of hydrogen-bond donors (Lipinski definition) is 1. The van der Waals surface area contributed by atoms with Crippen molar-refractivity contribution in [1.82, 2.24) is 9.80 Å². The number of likely N-dealkylation sites (N-methyl/N-ethyl adjacent to an activating group) is 1. The van der Waals surface area contributed by atoms with E-state index in [-0.39, 0.29) is 6.61 Å². The molecular weight excluding hydrogens is 268 g/mol. The van der Waals surface area contributed by atoms with Crippen LogP contribution >= 0.6 is 11.3 Å². The second kappa shape index (κ2) is 6.22. The van der Waals surface area contributed by atoms with Crippen molar-refractivity contribution in [2.24, 2.45) is 0 Å². The molecular formula is C16H22N2OS. The van der Waals surface area contributed by atoms with Gasteiger partial charge in [-0.05, 0) is 48.0 Å². The molecule has 1 saturated heterocycles. The summed E-state index contributed by atoms with van der Waals surface area (Å²) in [5.41, 5.74) is 1.39. The van der Waals surface area contributed by atoms with Crippen molar-refractivity contribution in [2.45, 2.75) is 19.0 Å². The summed E-state index contributed by atoms with van der Waals surface area (Å²) in [5, 5.41) is 12.7. The molecule has 3 rings (SSSR count). The highest BCUT2D eigenvalue weighted by atomic mass is 32.1. The molecule has 2 aromatic rings. The molecule has 108 valence electrons. The first-order valence-corrected chi connectivity index (χ1v) is 8.14. The Bertz CT molecular complexity index is 568. The monoisotopic (exact) mass is 290 g/mol. The number of aliphatic hydroxyl groups is 1. The third kappa shape index (κ3) is 3.04. The van der Waals surface area contributed by atoms with Crippen LogP contribution in [-0.4, -0.2) is 54.2 Å². The summed E-state index contributed by atoms with van der Waals surface area (Å²) in [6.07, 6.45) is 0.872. The van der Waals surface area contributed by atoms with Crippen LogP contribution in [0.5, 0.6) is 0 Å². The number of rotatable bonds is 4. The Morgan fingerprint density at radius 3 is 3.05 bits per heavy atom. The average Bonchev–Trinajstić information content (AvgIpc) is 2.90. The zero-order valence-corrected chi connectivity index (χ0v) is 12.8. The number of benzene rings is 1. The number of aliphatic hydroxyl groups excluding tert-OH is 1. The van der Waals surface area contributed by atoms with Crippen molar-refractivity contribution < 1.29 is 5.11 Å². The Balaban J connectivity index is 1.67. The van der Waals surface area contributed by atoms with Crippen LogP contribution in [-0.2, 0) is 6.54 Å². The molecule has 20 heavy (non-hydrogen) atoms. The molecule has 1 N–H and O–H groups in total. The molecule has 3 nitrogen and oxygen atoms in total. The summed E-state index contributed by atoms with van der Waals surface area (Å²) in [6, 6.07) is 9.47. The first-order valence-electron chi connectivity index (χ1n) is 7.26. The molecule has 2 heterocycles. The van der Waals surface area contributed by atoms with E-state index in [4.69, 9.17) is 5.11 Å². The lowest BCUT2D eigenvalue weighted by molar-refractivity contribution is 0.0743. The lowest BCUT2D eigenvalue weighted by Gasteiger charge is -2.39. The highest BCUT2D eigenvalue weighted by Gasteiger charge is 2.23. The highest BCUT2D eigenvalue weighted by molar-refractivity contribution is 7.17. The molecule has 0 saturated carbocycles. The van der Waals surface area contributed by atoms with Crippen LogP contribution < -0.4 is 0 Å². The maximum absolute atomic E-state index is 9.16. The van der Waals surface area contributed by atoms with Crippen molar-refractivity contribution in [3.63, 3.8) is 0 Å². The fourth-order valence-corrected chi connectivity index (χ4v) is 3.76. The van der Waals surface area contributed by atoms with Gasteiger partial charge in [-0.3, -0.25) is 4.90 Å². The SMILES string of the molecule is CN1CCN(Cc2ccc3sccc3c2)CC1CCO. The third-order valence-corrected chi connectivity index (χ3v) is 5.14. The number of thiophene rings is 1. The minimum atomic E-state index is 0.281. The molecule has 4 heteroatoms. The zero-order valence-electron chi connectivity index (χ0n) is 12.0. The summed E-state index contributed by atoms with van der Waals surface area (Å²) in [6.45, 7) is 4.55. The molecule has 1 unspecified atom stereocenters. The van der Waals surface area contributed by atoms with E-state index in [2.05, 4.69) is 46.5 Å². The van der Waals surface area contributed by atoms with Gasteiger partial charge in [-0.25, -0.2) is 0 Å². The van der Waals surface area contributed by atoms with Crippen molar-refractivity contribution in [2.75, 3.05) is 33.3 Å². The van der Waals surface area contributed by atoms with Gasteiger partial charge >= 0.3 is 0 Å². The van der Waals surface area contributed by atoms with Crippen molar-refractivity contribution >= 4 is 21.4 Å². The molecule has 1 aliphatic rings. The number of nitrogens with zero attached hydrogens (tertiary/aromatic N) is 2. The fraction of sp³-hybridized carbons (Fsp3) is 0.500. The largest absolute Gasteiger partial charge is 0.396 e. The molecule has 1 aromatic carbocycles. The Morgan fingerprint density at radius 1 is 1.30 bits per heavy atom. The molecule has 0 spiro atoms. The number of fused-ring (bicyclic) bond motifs is 1. The third-order valence-electron chi connectivity index (χ3n) is 4.25. The lowest BCUT2D eigenvalue weighted by Crippen LogP contribution is -2.51. The topological polar surface area (TPSA) is 26.7 Å². The molecule has 0 bridgehead atoms. The van der Waals surface area contributed by atoms with Gasteiger partial charge in [-0.1, -0.05) is 6.07 Å². The van der Waals surface area contributed by atoms with Crippen molar-refractivity contribution in [3.8, 4) is 0 Å². The maximum Gasteiger partial charge on any atom is 0.0446 e. The summed E-state index contributed by atoms with van der Waals surface area (Å²) >= 11 is 1.80. The Kier molecular flexibility index (Phi) is 4.36. The standard InChI is InChI=1S/C16H22N2OS/c1-17-6-7-18(12-15(17)4-8-19)11-13-2-3-16-14(10-13)5-9-20-16/h2-3,5,9-10,15,19H,4,6-8,11-12H2,1H3. The predicted molar refractivity (Wildman–Crippen MR) is 85.2 cm³/mol. The Hall–Kier alpha value is -0.940. The van der Waals surface area contributed by atoms with Gasteiger partial charge < -0.3 is 10.0 Å². The molecule has 1 aliphatic heterocycles. The van der Waals surface area contributed by atoms with Gasteiger partial charge in [-0.2, -0.15) is 0 Å². The molecule has 1 fully saturated rings. The van der Waals surface area contributed by atoms with E-state index >= 15 is 0 Å². The molecule has 0 aliphatic carbocycles. The summed E-state index contributed by atoms with van der Waals surface area (Å²) in [5.74, 6) is 0. The van der Waals surface area contributed by atoms with Gasteiger partial charge in [0.1, 0.15) is 0 Å². The predicted octanol–water partition coefficient (Wildman–Crippen LogP) is 2.40. The van der Waals surface area contributed by atoms with Gasteiger partial charge in [0.15, 0.2) is 0 Å². The normalized spacial score (nSPS) is 21.6. The van der Waals surface area contributed by atoms with E-state index in [1.807, 2.05) is 0 Å². The molecule has 0 radical (unpaired) electrons. The van der Waals surface area contributed by atoms with Crippen LogP contribution in [0.3, 0.4) is 0 Å². The highest BCUT2D eigenvalue weighted by Crippen LogP contribution is 2.23. The van der Waals surface area contributed by atoms with E-state index in [1.54, 1.807) is 11.3 Å². The van der Waals surface area contributed by atoms with Crippen LogP contribution in [0.2, 0.25) is 0 Å². The first-order chi connectivity index (χ1) is 9.76. The maximum atomic E-state index is 9.16. The summed E-state index contributed by atoms with van der Waals surface area (Å²) in [4.78, 5) is 4.88. The molecule has 1 atom stereocenters. The van der Waals surface area contributed by atoms with Gasteiger partial charge in [-0.15, -0.1) is 11.3 Å². The average molecular weight is 290 g/mol.